The third-order valence-corrected chi connectivity index (χ3v) is 4.09. The van der Waals surface area contributed by atoms with Gasteiger partial charge in [0.1, 0.15) is 10.8 Å². The summed E-state index contributed by atoms with van der Waals surface area (Å²) in [5.74, 6) is 0.208. The molecular formula is C12H13N3O3S. The zero-order valence-corrected chi connectivity index (χ0v) is 10.8. The highest BCUT2D eigenvalue weighted by Gasteiger charge is 2.31. The number of aliphatic hydroxyl groups excluding tert-OH is 2. The molecule has 0 bridgehead atoms. The first-order valence-corrected chi connectivity index (χ1v) is 6.69. The fourth-order valence-corrected chi connectivity index (χ4v) is 2.86. The maximum atomic E-state index is 9.52. The SMILES string of the molecule is Oc1ccc(-c2nnc(N3C[C@@H](O)[C@@H](O)C3)s2)cc1. The second-order valence-electron chi connectivity index (χ2n) is 4.48. The molecule has 2 atom stereocenters. The van der Waals surface area contributed by atoms with E-state index in [-0.39, 0.29) is 5.75 Å². The maximum Gasteiger partial charge on any atom is 0.208 e. The molecule has 7 heteroatoms. The third-order valence-electron chi connectivity index (χ3n) is 3.06. The van der Waals surface area contributed by atoms with Crippen molar-refractivity contribution in [2.24, 2.45) is 0 Å². The molecule has 1 aliphatic rings. The van der Waals surface area contributed by atoms with Crippen LogP contribution in [0.5, 0.6) is 5.75 Å². The van der Waals surface area contributed by atoms with Crippen LogP contribution in [-0.4, -0.2) is 50.8 Å². The van der Waals surface area contributed by atoms with Gasteiger partial charge in [-0.25, -0.2) is 0 Å². The van der Waals surface area contributed by atoms with Crippen molar-refractivity contribution in [1.29, 1.82) is 0 Å². The number of phenolic OH excluding ortho intramolecular Hbond substituents is 1. The Labute approximate surface area is 113 Å². The Bertz CT molecular complexity index is 562. The summed E-state index contributed by atoms with van der Waals surface area (Å²) >= 11 is 1.39. The number of aliphatic hydroxyl groups is 2. The number of aromatic hydroxyl groups is 1. The molecule has 0 unspecified atom stereocenters. The first-order valence-electron chi connectivity index (χ1n) is 5.87. The highest BCUT2D eigenvalue weighted by molar-refractivity contribution is 7.18. The van der Waals surface area contributed by atoms with Gasteiger partial charge in [0.2, 0.25) is 5.13 Å². The molecule has 1 aromatic heterocycles. The Hall–Kier alpha value is -1.70. The first kappa shape index (κ1) is 12.3. The van der Waals surface area contributed by atoms with Crippen LogP contribution >= 0.6 is 11.3 Å². The van der Waals surface area contributed by atoms with Gasteiger partial charge in [0.05, 0.1) is 12.2 Å². The summed E-state index contributed by atoms with van der Waals surface area (Å²) in [7, 11) is 0. The predicted octanol–water partition coefficient (Wildman–Crippen LogP) is 0.452. The lowest BCUT2D eigenvalue weighted by Crippen LogP contribution is -2.22. The fraction of sp³-hybridized carbons (Fsp3) is 0.333. The zero-order chi connectivity index (χ0) is 13.4. The van der Waals surface area contributed by atoms with Gasteiger partial charge in [0, 0.05) is 18.7 Å². The van der Waals surface area contributed by atoms with Crippen LogP contribution in [0.15, 0.2) is 24.3 Å². The van der Waals surface area contributed by atoms with E-state index < -0.39 is 12.2 Å². The number of hydrogen-bond donors (Lipinski definition) is 3. The molecule has 1 fully saturated rings. The smallest absolute Gasteiger partial charge is 0.208 e. The molecule has 6 nitrogen and oxygen atoms in total. The van der Waals surface area contributed by atoms with Crippen molar-refractivity contribution in [3.8, 4) is 16.3 Å². The minimum absolute atomic E-state index is 0.208. The van der Waals surface area contributed by atoms with Gasteiger partial charge in [-0.2, -0.15) is 0 Å². The summed E-state index contributed by atoms with van der Waals surface area (Å²) in [5.41, 5.74) is 0.877. The lowest BCUT2D eigenvalue weighted by Gasteiger charge is -2.11. The maximum absolute atomic E-state index is 9.52. The highest BCUT2D eigenvalue weighted by atomic mass is 32.1. The molecule has 0 amide bonds. The molecule has 2 aromatic rings. The van der Waals surface area contributed by atoms with Crippen molar-refractivity contribution in [3.05, 3.63) is 24.3 Å². The van der Waals surface area contributed by atoms with Gasteiger partial charge < -0.3 is 20.2 Å². The highest BCUT2D eigenvalue weighted by Crippen LogP contribution is 2.31. The summed E-state index contributed by atoms with van der Waals surface area (Å²) in [6, 6.07) is 6.74. The van der Waals surface area contributed by atoms with Crippen molar-refractivity contribution >= 4 is 16.5 Å². The molecule has 1 aromatic carbocycles. The van der Waals surface area contributed by atoms with Crippen molar-refractivity contribution in [3.63, 3.8) is 0 Å². The largest absolute Gasteiger partial charge is 0.508 e. The molecule has 3 N–H and O–H groups in total. The number of phenols is 1. The Morgan fingerprint density at radius 3 is 2.32 bits per heavy atom. The lowest BCUT2D eigenvalue weighted by molar-refractivity contribution is 0.0572. The Morgan fingerprint density at radius 2 is 1.68 bits per heavy atom. The van der Waals surface area contributed by atoms with Gasteiger partial charge >= 0.3 is 0 Å². The standard InChI is InChI=1S/C12H13N3O3S/c16-8-3-1-7(2-4-8)11-13-14-12(19-11)15-5-9(17)10(18)6-15/h1-4,9-10,16-18H,5-6H2/t9-,10+. The number of nitrogens with zero attached hydrogens (tertiary/aromatic N) is 3. The molecule has 0 spiro atoms. The van der Waals surface area contributed by atoms with Gasteiger partial charge in [0.15, 0.2) is 0 Å². The quantitative estimate of drug-likeness (QED) is 0.739. The third kappa shape index (κ3) is 2.40. The van der Waals surface area contributed by atoms with Gasteiger partial charge in [-0.15, -0.1) is 10.2 Å². The van der Waals surface area contributed by atoms with Gasteiger partial charge in [-0.3, -0.25) is 0 Å². The summed E-state index contributed by atoms with van der Waals surface area (Å²) < 4.78 is 0. The van der Waals surface area contributed by atoms with Crippen LogP contribution in [0.1, 0.15) is 0 Å². The topological polar surface area (TPSA) is 89.7 Å². The van der Waals surface area contributed by atoms with E-state index in [9.17, 15) is 15.3 Å². The molecule has 0 saturated carbocycles. The van der Waals surface area contributed by atoms with E-state index >= 15 is 0 Å². The lowest BCUT2D eigenvalue weighted by atomic mass is 10.2. The summed E-state index contributed by atoms with van der Waals surface area (Å²) in [6.07, 6.45) is -1.47. The van der Waals surface area contributed by atoms with Crippen molar-refractivity contribution in [2.75, 3.05) is 18.0 Å². The van der Waals surface area contributed by atoms with Crippen LogP contribution in [0.3, 0.4) is 0 Å². The molecule has 3 rings (SSSR count). The normalized spacial score (nSPS) is 22.9. The van der Waals surface area contributed by atoms with Crippen LogP contribution in [0.2, 0.25) is 0 Å². The van der Waals surface area contributed by atoms with E-state index in [0.717, 1.165) is 10.6 Å². The van der Waals surface area contributed by atoms with Crippen LogP contribution < -0.4 is 4.90 Å². The minimum Gasteiger partial charge on any atom is -0.508 e. The molecule has 1 saturated heterocycles. The van der Waals surface area contributed by atoms with E-state index in [2.05, 4.69) is 10.2 Å². The molecule has 19 heavy (non-hydrogen) atoms. The summed E-state index contributed by atoms with van der Waals surface area (Å²) in [5, 5.41) is 37.9. The molecule has 0 aliphatic carbocycles. The first-order chi connectivity index (χ1) is 9.13. The number of hydrogen-bond acceptors (Lipinski definition) is 7. The van der Waals surface area contributed by atoms with Gasteiger partial charge in [-0.1, -0.05) is 11.3 Å². The average molecular weight is 279 g/mol. The Balaban J connectivity index is 1.82. The zero-order valence-electron chi connectivity index (χ0n) is 9.97. The molecular weight excluding hydrogens is 266 g/mol. The van der Waals surface area contributed by atoms with Gasteiger partial charge in [0.25, 0.3) is 0 Å². The van der Waals surface area contributed by atoms with Crippen LogP contribution in [0.25, 0.3) is 10.6 Å². The van der Waals surface area contributed by atoms with E-state index in [1.165, 1.54) is 11.3 Å². The predicted molar refractivity (Wildman–Crippen MR) is 71.2 cm³/mol. The molecule has 2 heterocycles. The Kier molecular flexibility index (Phi) is 3.09. The minimum atomic E-state index is -0.735. The van der Waals surface area contributed by atoms with Crippen LogP contribution in [-0.2, 0) is 0 Å². The monoisotopic (exact) mass is 279 g/mol. The van der Waals surface area contributed by atoms with E-state index in [0.29, 0.717) is 18.2 Å². The number of anilines is 1. The van der Waals surface area contributed by atoms with Crippen molar-refractivity contribution in [2.45, 2.75) is 12.2 Å². The average Bonchev–Trinajstić information content (AvgIpc) is 2.99. The molecule has 1 aliphatic heterocycles. The fourth-order valence-electron chi connectivity index (χ4n) is 1.99. The van der Waals surface area contributed by atoms with E-state index in [4.69, 9.17) is 0 Å². The molecule has 0 radical (unpaired) electrons. The second-order valence-corrected chi connectivity index (χ2v) is 5.43. The number of rotatable bonds is 2. The van der Waals surface area contributed by atoms with Crippen molar-refractivity contribution in [1.82, 2.24) is 10.2 Å². The number of β-amino-alcohol motifs (C(OH)–C–C–N with tert-alkyl or cyclic N) is 2. The Morgan fingerprint density at radius 1 is 1.05 bits per heavy atom. The van der Waals surface area contributed by atoms with E-state index in [1.54, 1.807) is 24.3 Å². The summed E-state index contributed by atoms with van der Waals surface area (Å²) in [6.45, 7) is 0.733. The van der Waals surface area contributed by atoms with Crippen LogP contribution in [0.4, 0.5) is 5.13 Å². The molecule has 100 valence electrons. The number of aromatic nitrogens is 2. The second kappa shape index (κ2) is 4.76. The van der Waals surface area contributed by atoms with E-state index in [1.807, 2.05) is 4.90 Å². The number of benzene rings is 1. The van der Waals surface area contributed by atoms with Crippen LogP contribution in [0, 0.1) is 0 Å². The summed E-state index contributed by atoms with van der Waals surface area (Å²) in [4.78, 5) is 1.82. The van der Waals surface area contributed by atoms with Gasteiger partial charge in [-0.05, 0) is 24.3 Å². The van der Waals surface area contributed by atoms with Crippen molar-refractivity contribution < 1.29 is 15.3 Å².